The Labute approximate surface area is 191 Å². The van der Waals surface area contributed by atoms with E-state index in [0.29, 0.717) is 12.5 Å². The van der Waals surface area contributed by atoms with Crippen molar-refractivity contribution in [3.05, 3.63) is 35.4 Å². The molecule has 6 nitrogen and oxygen atoms in total. The minimum atomic E-state index is -4.42. The molecule has 1 saturated heterocycles. The Morgan fingerprint density at radius 2 is 1.85 bits per heavy atom. The number of hydrogen-bond acceptors (Lipinski definition) is 4. The van der Waals surface area contributed by atoms with Crippen molar-refractivity contribution in [2.45, 2.75) is 57.0 Å². The molecule has 2 amide bonds. The fraction of sp³-hybridized carbons (Fsp3) is 0.667. The smallest absolute Gasteiger partial charge is 0.369 e. The average molecular weight is 466 g/mol. The molecule has 6 rings (SSSR count). The molecule has 33 heavy (non-hydrogen) atoms. The monoisotopic (exact) mass is 465 g/mol. The van der Waals surface area contributed by atoms with Crippen molar-refractivity contribution < 1.29 is 27.5 Å². The molecule has 4 aliphatic carbocycles. The lowest BCUT2D eigenvalue weighted by Crippen LogP contribution is -2.63. The number of nitrogens with zero attached hydrogens (tertiary/aromatic N) is 1. The predicted octanol–water partition coefficient (Wildman–Crippen LogP) is 2.70. The number of ether oxygens (including phenoxy) is 1. The average Bonchev–Trinajstić information content (AvgIpc) is 2.75. The first-order valence-electron chi connectivity index (χ1n) is 11.7. The molecule has 4 saturated carbocycles. The maximum atomic E-state index is 13.4. The molecule has 5 aliphatic rings. The number of rotatable bonds is 5. The fourth-order valence-corrected chi connectivity index (χ4v) is 7.00. The Morgan fingerprint density at radius 3 is 2.52 bits per heavy atom. The molecule has 1 aromatic carbocycles. The van der Waals surface area contributed by atoms with E-state index in [2.05, 4.69) is 5.32 Å². The summed E-state index contributed by atoms with van der Waals surface area (Å²) >= 11 is 0. The number of carbonyl (C=O) groups is 2. The summed E-state index contributed by atoms with van der Waals surface area (Å²) in [6.07, 6.45) is -0.806. The predicted molar refractivity (Wildman–Crippen MR) is 114 cm³/mol. The van der Waals surface area contributed by atoms with Crippen LogP contribution >= 0.6 is 0 Å². The SMILES string of the molecule is NC(=O)C12CC3CC(C1)C(NC(=O)C1CN(Cc4ccccc4C(F)(F)F)CCO1)C(C3)C2. The third-order valence-corrected chi connectivity index (χ3v) is 8.26. The van der Waals surface area contributed by atoms with Crippen LogP contribution in [0.3, 0.4) is 0 Å². The van der Waals surface area contributed by atoms with Gasteiger partial charge in [0.25, 0.3) is 5.91 Å². The molecule has 4 bridgehead atoms. The summed E-state index contributed by atoms with van der Waals surface area (Å²) in [7, 11) is 0. The van der Waals surface area contributed by atoms with Crippen LogP contribution in [0.15, 0.2) is 24.3 Å². The van der Waals surface area contributed by atoms with Gasteiger partial charge in [0.05, 0.1) is 12.2 Å². The van der Waals surface area contributed by atoms with Crippen molar-refractivity contribution in [1.29, 1.82) is 0 Å². The summed E-state index contributed by atoms with van der Waals surface area (Å²) in [5, 5.41) is 3.19. The van der Waals surface area contributed by atoms with Gasteiger partial charge in [0, 0.05) is 31.1 Å². The summed E-state index contributed by atoms with van der Waals surface area (Å²) in [5.74, 6) is 0.557. The normalized spacial score (nSPS) is 36.0. The largest absolute Gasteiger partial charge is 0.416 e. The van der Waals surface area contributed by atoms with Gasteiger partial charge in [0.2, 0.25) is 5.91 Å². The first kappa shape index (κ1) is 22.7. The molecule has 180 valence electrons. The number of amides is 2. The summed E-state index contributed by atoms with van der Waals surface area (Å²) < 4.78 is 45.8. The quantitative estimate of drug-likeness (QED) is 0.701. The van der Waals surface area contributed by atoms with Crippen molar-refractivity contribution in [3.63, 3.8) is 0 Å². The number of carbonyl (C=O) groups excluding carboxylic acids is 2. The van der Waals surface area contributed by atoms with Crippen LogP contribution in [0, 0.1) is 23.2 Å². The highest BCUT2D eigenvalue weighted by Gasteiger charge is 2.58. The lowest BCUT2D eigenvalue weighted by molar-refractivity contribution is -0.151. The Balaban J connectivity index is 1.23. The van der Waals surface area contributed by atoms with Crippen molar-refractivity contribution in [1.82, 2.24) is 10.2 Å². The molecule has 0 aromatic heterocycles. The molecule has 0 spiro atoms. The van der Waals surface area contributed by atoms with Crippen LogP contribution in [0.2, 0.25) is 0 Å². The van der Waals surface area contributed by atoms with E-state index >= 15 is 0 Å². The van der Waals surface area contributed by atoms with Crippen molar-refractivity contribution in [3.8, 4) is 0 Å². The van der Waals surface area contributed by atoms with E-state index in [1.807, 2.05) is 4.90 Å². The highest BCUT2D eigenvalue weighted by atomic mass is 19.4. The number of primary amides is 1. The van der Waals surface area contributed by atoms with Crippen molar-refractivity contribution >= 4 is 11.8 Å². The molecule has 3 unspecified atom stereocenters. The van der Waals surface area contributed by atoms with E-state index < -0.39 is 23.3 Å². The van der Waals surface area contributed by atoms with Crippen LogP contribution in [0.4, 0.5) is 13.2 Å². The van der Waals surface area contributed by atoms with E-state index in [0.717, 1.165) is 38.2 Å². The summed E-state index contributed by atoms with van der Waals surface area (Å²) in [6, 6.07) is 5.56. The number of halogens is 3. The number of hydrogen-bond donors (Lipinski definition) is 2. The van der Waals surface area contributed by atoms with Gasteiger partial charge in [-0.05, 0) is 61.5 Å². The Bertz CT molecular complexity index is 921. The third kappa shape index (κ3) is 4.25. The highest BCUT2D eigenvalue weighted by molar-refractivity contribution is 5.83. The number of nitrogens with one attached hydrogen (secondary N) is 1. The summed E-state index contributed by atoms with van der Waals surface area (Å²) in [5.41, 5.74) is 4.89. The third-order valence-electron chi connectivity index (χ3n) is 8.26. The molecule has 1 aromatic rings. The van der Waals surface area contributed by atoms with Gasteiger partial charge in [-0.2, -0.15) is 13.2 Å². The highest BCUT2D eigenvalue weighted by Crippen LogP contribution is 2.59. The Hall–Kier alpha value is -2.13. The van der Waals surface area contributed by atoms with Crippen molar-refractivity contribution in [2.24, 2.45) is 28.9 Å². The van der Waals surface area contributed by atoms with E-state index in [4.69, 9.17) is 10.5 Å². The number of morpholine rings is 1. The molecule has 1 heterocycles. The number of nitrogens with two attached hydrogens (primary N) is 1. The minimum absolute atomic E-state index is 0.00598. The van der Waals surface area contributed by atoms with E-state index in [1.54, 1.807) is 6.07 Å². The second-order valence-corrected chi connectivity index (χ2v) is 10.4. The van der Waals surface area contributed by atoms with Crippen molar-refractivity contribution in [2.75, 3.05) is 19.7 Å². The van der Waals surface area contributed by atoms with E-state index in [1.165, 1.54) is 12.1 Å². The second kappa shape index (κ2) is 8.27. The maximum absolute atomic E-state index is 13.4. The zero-order valence-corrected chi connectivity index (χ0v) is 18.4. The molecular weight excluding hydrogens is 435 g/mol. The molecule has 5 fully saturated rings. The van der Waals surface area contributed by atoms with Gasteiger partial charge in [-0.1, -0.05) is 18.2 Å². The van der Waals surface area contributed by atoms with Gasteiger partial charge in [0.1, 0.15) is 6.10 Å². The first-order valence-corrected chi connectivity index (χ1v) is 11.7. The summed E-state index contributed by atoms with van der Waals surface area (Å²) in [4.78, 5) is 27.1. The lowest BCUT2D eigenvalue weighted by atomic mass is 9.47. The minimum Gasteiger partial charge on any atom is -0.369 e. The van der Waals surface area contributed by atoms with E-state index in [9.17, 15) is 22.8 Å². The van der Waals surface area contributed by atoms with Gasteiger partial charge in [-0.15, -0.1) is 0 Å². The Morgan fingerprint density at radius 1 is 1.15 bits per heavy atom. The standard InChI is InChI=1S/C24H30F3N3O3/c25-24(26,27)18-4-2-1-3-15(18)12-30-5-6-33-19(13-30)21(31)29-20-16-7-14-8-17(20)11-23(9-14,10-16)22(28)32/h1-4,14,16-17,19-20H,5-13H2,(H2,28,32)(H,29,31). The molecule has 1 aliphatic heterocycles. The molecule has 0 radical (unpaired) electrons. The lowest BCUT2D eigenvalue weighted by Gasteiger charge is -2.59. The zero-order valence-electron chi connectivity index (χ0n) is 18.4. The second-order valence-electron chi connectivity index (χ2n) is 10.4. The van der Waals surface area contributed by atoms with Gasteiger partial charge < -0.3 is 15.8 Å². The fourth-order valence-electron chi connectivity index (χ4n) is 7.00. The molecule has 3 N–H and O–H groups in total. The maximum Gasteiger partial charge on any atom is 0.416 e. The van der Waals surface area contributed by atoms with Crippen LogP contribution in [0.1, 0.15) is 43.2 Å². The van der Waals surface area contributed by atoms with Crippen LogP contribution in [0.25, 0.3) is 0 Å². The number of alkyl halides is 3. The molecular formula is C24H30F3N3O3. The van der Waals surface area contributed by atoms with Crippen LogP contribution in [0.5, 0.6) is 0 Å². The first-order chi connectivity index (χ1) is 15.6. The van der Waals surface area contributed by atoms with Crippen LogP contribution in [-0.4, -0.2) is 48.6 Å². The topological polar surface area (TPSA) is 84.7 Å². The molecule has 3 atom stereocenters. The van der Waals surface area contributed by atoms with E-state index in [-0.39, 0.29) is 55.0 Å². The number of benzene rings is 1. The summed E-state index contributed by atoms with van der Waals surface area (Å²) in [6.45, 7) is 1.11. The Kier molecular flexibility index (Phi) is 5.68. The molecule has 9 heteroatoms. The van der Waals surface area contributed by atoms with Gasteiger partial charge in [-0.25, -0.2) is 0 Å². The van der Waals surface area contributed by atoms with Gasteiger partial charge in [0.15, 0.2) is 0 Å². The van der Waals surface area contributed by atoms with Crippen LogP contribution in [-0.2, 0) is 27.0 Å². The van der Waals surface area contributed by atoms with Gasteiger partial charge in [-0.3, -0.25) is 14.5 Å². The van der Waals surface area contributed by atoms with Gasteiger partial charge >= 0.3 is 6.18 Å². The zero-order chi connectivity index (χ0) is 23.4. The van der Waals surface area contributed by atoms with Crippen LogP contribution < -0.4 is 11.1 Å².